The van der Waals surface area contributed by atoms with Crippen LogP contribution in [-0.4, -0.2) is 41.0 Å². The van der Waals surface area contributed by atoms with E-state index in [1.807, 2.05) is 47.2 Å². The number of rotatable bonds is 6. The number of hydrogen-bond donors (Lipinski definition) is 3. The van der Waals surface area contributed by atoms with E-state index in [4.69, 9.17) is 12.2 Å². The van der Waals surface area contributed by atoms with Crippen molar-refractivity contribution in [3.05, 3.63) is 82.3 Å². The lowest BCUT2D eigenvalue weighted by Crippen LogP contribution is -2.47. The molecule has 7 nitrogen and oxygen atoms in total. The van der Waals surface area contributed by atoms with Gasteiger partial charge in [0.2, 0.25) is 0 Å². The van der Waals surface area contributed by atoms with E-state index in [2.05, 4.69) is 39.0 Å². The number of carbonyl (C=O) groups excluding carboxylic acids is 1. The molecular formula is C31H35N5O2S2. The number of benzene rings is 2. The van der Waals surface area contributed by atoms with Crippen LogP contribution in [0.1, 0.15) is 54.1 Å². The maximum atomic E-state index is 13.2. The fraction of sp³-hybridized carbons (Fsp3) is 0.387. The molecule has 1 aliphatic carbocycles. The average molecular weight is 574 g/mol. The zero-order valence-electron chi connectivity index (χ0n) is 22.7. The number of amides is 1. The summed E-state index contributed by atoms with van der Waals surface area (Å²) in [6, 6.07) is 19.9. The molecule has 6 rings (SSSR count). The topological polar surface area (TPSA) is 78.4 Å². The average Bonchev–Trinajstić information content (AvgIpc) is 3.46. The summed E-state index contributed by atoms with van der Waals surface area (Å²) in [4.78, 5) is 29.2. The molecule has 2 aliphatic heterocycles. The predicted octanol–water partition coefficient (Wildman–Crippen LogP) is 5.68. The van der Waals surface area contributed by atoms with Gasteiger partial charge in [-0.2, -0.15) is 0 Å². The van der Waals surface area contributed by atoms with E-state index in [0.29, 0.717) is 16.6 Å². The molecule has 0 spiro atoms. The Hall–Kier alpha value is -3.30. The minimum atomic E-state index is -0.0446. The van der Waals surface area contributed by atoms with Gasteiger partial charge in [-0.1, -0.05) is 25.0 Å². The van der Waals surface area contributed by atoms with Crippen molar-refractivity contribution in [2.45, 2.75) is 55.5 Å². The van der Waals surface area contributed by atoms with E-state index in [0.717, 1.165) is 66.5 Å². The van der Waals surface area contributed by atoms with Crippen LogP contribution in [-0.2, 0) is 6.54 Å². The number of nitrogens with one attached hydrogen (secondary N) is 3. The van der Waals surface area contributed by atoms with Crippen LogP contribution >= 0.6 is 24.0 Å². The third kappa shape index (κ3) is 5.76. The number of nitrogens with zero attached hydrogens (tertiary/aromatic N) is 2. The second-order valence-electron chi connectivity index (χ2n) is 11.1. The van der Waals surface area contributed by atoms with E-state index in [9.17, 15) is 9.59 Å². The van der Waals surface area contributed by atoms with Crippen LogP contribution in [0.4, 0.5) is 17.1 Å². The molecule has 0 radical (unpaired) electrons. The van der Waals surface area contributed by atoms with Crippen molar-refractivity contribution in [3.63, 3.8) is 0 Å². The first-order valence-electron chi connectivity index (χ1n) is 14.1. The molecule has 40 heavy (non-hydrogen) atoms. The molecule has 0 unspecified atom stereocenters. The highest BCUT2D eigenvalue weighted by Crippen LogP contribution is 2.39. The summed E-state index contributed by atoms with van der Waals surface area (Å²) in [5.41, 5.74) is 4.56. The molecule has 1 saturated heterocycles. The minimum absolute atomic E-state index is 0.0446. The first-order valence-corrected chi connectivity index (χ1v) is 15.7. The highest BCUT2D eigenvalue weighted by molar-refractivity contribution is 7.98. The minimum Gasteiger partial charge on any atom is -0.369 e. The Morgan fingerprint density at radius 1 is 0.975 bits per heavy atom. The summed E-state index contributed by atoms with van der Waals surface area (Å²) in [5.74, 6) is 0.611. The zero-order valence-corrected chi connectivity index (χ0v) is 24.3. The van der Waals surface area contributed by atoms with E-state index >= 15 is 0 Å². The highest BCUT2D eigenvalue weighted by atomic mass is 32.2. The Balaban J connectivity index is 1.28. The molecule has 9 heteroatoms. The molecule has 3 heterocycles. The normalized spacial score (nSPS) is 20.1. The van der Waals surface area contributed by atoms with Gasteiger partial charge in [-0.15, -0.1) is 11.8 Å². The van der Waals surface area contributed by atoms with Crippen LogP contribution in [0, 0.1) is 5.92 Å². The summed E-state index contributed by atoms with van der Waals surface area (Å²) in [7, 11) is 0. The van der Waals surface area contributed by atoms with Gasteiger partial charge in [-0.25, -0.2) is 0 Å². The number of aromatic nitrogens is 1. The number of thioether (sulfide) groups is 1. The van der Waals surface area contributed by atoms with Gasteiger partial charge >= 0.3 is 0 Å². The van der Waals surface area contributed by atoms with Crippen molar-refractivity contribution < 1.29 is 4.79 Å². The second kappa shape index (κ2) is 11.7. The van der Waals surface area contributed by atoms with Gasteiger partial charge < -0.3 is 25.4 Å². The maximum Gasteiger partial charge on any atom is 0.251 e. The van der Waals surface area contributed by atoms with E-state index in [1.165, 1.54) is 12.8 Å². The fourth-order valence-corrected chi connectivity index (χ4v) is 7.16. The standard InChI is InChI=1S/C31H35N5O2S2/c1-40-25-9-4-8-24(16-25)33-31(39)34-26-15-21(30(38)32-23-6-2-3-7-23)12-13-28(26)35-17-20-14-22(19-35)27-10-5-11-29(37)36(27)18-20/h4-5,8-13,15-16,20,22-23H,2-3,6-7,14,17-19H2,1H3,(H,32,38)(H2,33,34,39)/t20-,22+/m1/s1. The number of anilines is 3. The molecule has 1 saturated carbocycles. The van der Waals surface area contributed by atoms with Crippen molar-refractivity contribution in [1.29, 1.82) is 0 Å². The number of piperidine rings is 1. The van der Waals surface area contributed by atoms with Gasteiger partial charge in [0.1, 0.15) is 0 Å². The molecule has 2 atom stereocenters. The molecule has 1 aromatic heterocycles. The van der Waals surface area contributed by atoms with Gasteiger partial charge in [-0.3, -0.25) is 9.59 Å². The summed E-state index contributed by atoms with van der Waals surface area (Å²) < 4.78 is 1.95. The molecule has 2 bridgehead atoms. The zero-order chi connectivity index (χ0) is 27.6. The summed E-state index contributed by atoms with van der Waals surface area (Å²) in [6.07, 6.45) is 7.54. The summed E-state index contributed by atoms with van der Waals surface area (Å²) in [5, 5.41) is 10.4. The van der Waals surface area contributed by atoms with Crippen LogP contribution in [0.3, 0.4) is 0 Å². The summed E-state index contributed by atoms with van der Waals surface area (Å²) in [6.45, 7) is 2.38. The number of carbonyl (C=O) groups is 1. The first-order chi connectivity index (χ1) is 19.5. The Bertz CT molecular complexity index is 1480. The molecule has 1 amide bonds. The van der Waals surface area contributed by atoms with E-state index in [1.54, 1.807) is 17.8 Å². The Morgan fingerprint density at radius 2 is 1.80 bits per heavy atom. The lowest BCUT2D eigenvalue weighted by atomic mass is 9.83. The quantitative estimate of drug-likeness (QED) is 0.259. The second-order valence-corrected chi connectivity index (χ2v) is 12.4. The van der Waals surface area contributed by atoms with Gasteiger partial charge in [0.15, 0.2) is 5.11 Å². The van der Waals surface area contributed by atoms with Crippen LogP contribution in [0.5, 0.6) is 0 Å². The van der Waals surface area contributed by atoms with Crippen LogP contribution in [0.25, 0.3) is 0 Å². The van der Waals surface area contributed by atoms with Crippen LogP contribution < -0.4 is 26.4 Å². The fourth-order valence-electron chi connectivity index (χ4n) is 6.47. The first kappa shape index (κ1) is 26.9. The number of fused-ring (bicyclic) bond motifs is 4. The van der Waals surface area contributed by atoms with Crippen molar-refractivity contribution in [2.75, 3.05) is 34.9 Å². The maximum absolute atomic E-state index is 13.2. The van der Waals surface area contributed by atoms with Gasteiger partial charge in [0, 0.05) is 59.5 Å². The van der Waals surface area contributed by atoms with Crippen molar-refractivity contribution in [2.24, 2.45) is 5.92 Å². The summed E-state index contributed by atoms with van der Waals surface area (Å²) >= 11 is 7.43. The van der Waals surface area contributed by atoms with Gasteiger partial charge in [0.05, 0.1) is 11.4 Å². The van der Waals surface area contributed by atoms with Gasteiger partial charge in [0.25, 0.3) is 11.5 Å². The Morgan fingerprint density at radius 3 is 2.62 bits per heavy atom. The predicted molar refractivity (Wildman–Crippen MR) is 168 cm³/mol. The van der Waals surface area contributed by atoms with E-state index < -0.39 is 0 Å². The molecule has 3 aliphatic rings. The van der Waals surface area contributed by atoms with Crippen molar-refractivity contribution in [1.82, 2.24) is 9.88 Å². The molecule has 3 N–H and O–H groups in total. The SMILES string of the molecule is CSc1cccc(NC(=S)Nc2cc(C(=O)NC3CCCC3)ccc2N2C[C@H]3C[C@@H](C2)c2cccc(=O)n2C3)c1. The lowest BCUT2D eigenvalue weighted by molar-refractivity contribution is 0.0938. The van der Waals surface area contributed by atoms with Gasteiger partial charge in [-0.05, 0) is 86.1 Å². The monoisotopic (exact) mass is 573 g/mol. The Kier molecular flexibility index (Phi) is 7.85. The smallest absolute Gasteiger partial charge is 0.251 e. The molecule has 3 aromatic rings. The molecule has 208 valence electrons. The number of pyridine rings is 1. The van der Waals surface area contributed by atoms with Crippen LogP contribution in [0.15, 0.2) is 70.4 Å². The van der Waals surface area contributed by atoms with Crippen molar-refractivity contribution in [3.8, 4) is 0 Å². The lowest BCUT2D eigenvalue weighted by Gasteiger charge is -2.44. The van der Waals surface area contributed by atoms with Crippen LogP contribution in [0.2, 0.25) is 0 Å². The number of thiocarbonyl (C=S) groups is 1. The molecule has 2 fully saturated rings. The third-order valence-corrected chi connectivity index (χ3v) is 9.27. The largest absolute Gasteiger partial charge is 0.369 e. The molecular weight excluding hydrogens is 539 g/mol. The Labute approximate surface area is 244 Å². The van der Waals surface area contributed by atoms with E-state index in [-0.39, 0.29) is 23.4 Å². The highest BCUT2D eigenvalue weighted by Gasteiger charge is 2.35. The molecule has 2 aromatic carbocycles. The third-order valence-electron chi connectivity index (χ3n) is 8.35. The van der Waals surface area contributed by atoms with Crippen molar-refractivity contribution >= 4 is 52.1 Å². The number of hydrogen-bond acceptors (Lipinski definition) is 5.